The lowest BCUT2D eigenvalue weighted by atomic mass is 10.2. The summed E-state index contributed by atoms with van der Waals surface area (Å²) < 4.78 is 0. The minimum Gasteiger partial charge on any atom is -0.316 e. The Morgan fingerprint density at radius 2 is 2.11 bits per heavy atom. The number of thiophene rings is 1. The van der Waals surface area contributed by atoms with Gasteiger partial charge in [-0.15, -0.1) is 11.3 Å². The van der Waals surface area contributed by atoms with E-state index in [1.54, 1.807) is 0 Å². The second-order valence-electron chi connectivity index (χ2n) is 5.44. The van der Waals surface area contributed by atoms with E-state index in [0.717, 1.165) is 19.0 Å². The number of unbranched alkanes of at least 4 members (excludes halogenated alkanes) is 1. The summed E-state index contributed by atoms with van der Waals surface area (Å²) in [6.07, 6.45) is 3.78. The highest BCUT2D eigenvalue weighted by Gasteiger charge is 2.00. The first-order valence-corrected chi connectivity index (χ1v) is 7.98. The van der Waals surface area contributed by atoms with Crippen LogP contribution in [0.2, 0.25) is 0 Å². The van der Waals surface area contributed by atoms with Crippen molar-refractivity contribution in [3.05, 3.63) is 22.4 Å². The molecule has 1 N–H and O–H groups in total. The Hall–Kier alpha value is -0.380. The van der Waals surface area contributed by atoms with E-state index in [1.165, 1.54) is 37.2 Å². The SMILES string of the molecule is CC(C)CNCCCCN(C)CCc1cccs1. The van der Waals surface area contributed by atoms with Crippen molar-refractivity contribution in [1.29, 1.82) is 0 Å². The standard InChI is InChI=1S/C15H28N2S/c1-14(2)13-16-9-4-5-10-17(3)11-8-15-7-6-12-18-15/h6-7,12,14,16H,4-5,8-11,13H2,1-3H3. The van der Waals surface area contributed by atoms with Gasteiger partial charge in [0.1, 0.15) is 0 Å². The van der Waals surface area contributed by atoms with E-state index in [4.69, 9.17) is 0 Å². The van der Waals surface area contributed by atoms with Crippen molar-refractivity contribution in [2.24, 2.45) is 5.92 Å². The molecule has 0 fully saturated rings. The van der Waals surface area contributed by atoms with Gasteiger partial charge in [0.25, 0.3) is 0 Å². The van der Waals surface area contributed by atoms with Crippen LogP contribution in [0.4, 0.5) is 0 Å². The van der Waals surface area contributed by atoms with Crippen LogP contribution in [-0.4, -0.2) is 38.1 Å². The van der Waals surface area contributed by atoms with Crippen LogP contribution in [0.25, 0.3) is 0 Å². The summed E-state index contributed by atoms with van der Waals surface area (Å²) in [5.41, 5.74) is 0. The molecule has 3 heteroatoms. The fourth-order valence-corrected chi connectivity index (χ4v) is 2.59. The normalized spacial score (nSPS) is 11.6. The van der Waals surface area contributed by atoms with Gasteiger partial charge in [-0.1, -0.05) is 19.9 Å². The highest BCUT2D eigenvalue weighted by atomic mass is 32.1. The molecule has 1 aromatic rings. The Kier molecular flexibility index (Phi) is 8.31. The zero-order chi connectivity index (χ0) is 13.2. The Morgan fingerprint density at radius 1 is 1.28 bits per heavy atom. The van der Waals surface area contributed by atoms with Crippen LogP contribution in [0.15, 0.2) is 17.5 Å². The van der Waals surface area contributed by atoms with Crippen molar-refractivity contribution in [3.8, 4) is 0 Å². The molecule has 2 nitrogen and oxygen atoms in total. The highest BCUT2D eigenvalue weighted by Crippen LogP contribution is 2.09. The van der Waals surface area contributed by atoms with Crippen molar-refractivity contribution in [2.45, 2.75) is 33.1 Å². The van der Waals surface area contributed by atoms with E-state index in [2.05, 4.69) is 48.6 Å². The van der Waals surface area contributed by atoms with Crippen LogP contribution >= 0.6 is 11.3 Å². The van der Waals surface area contributed by atoms with Gasteiger partial charge < -0.3 is 10.2 Å². The molecule has 1 rings (SSSR count). The predicted molar refractivity (Wildman–Crippen MR) is 82.5 cm³/mol. The summed E-state index contributed by atoms with van der Waals surface area (Å²) in [6, 6.07) is 4.37. The molecule has 18 heavy (non-hydrogen) atoms. The molecular weight excluding hydrogens is 240 g/mol. The van der Waals surface area contributed by atoms with Crippen LogP contribution in [0.5, 0.6) is 0 Å². The van der Waals surface area contributed by atoms with Crippen molar-refractivity contribution in [2.75, 3.05) is 33.2 Å². The van der Waals surface area contributed by atoms with Gasteiger partial charge in [0.15, 0.2) is 0 Å². The first-order valence-electron chi connectivity index (χ1n) is 7.10. The average molecular weight is 268 g/mol. The molecule has 0 bridgehead atoms. The van der Waals surface area contributed by atoms with Gasteiger partial charge in [-0.05, 0) is 63.3 Å². The molecule has 0 atom stereocenters. The van der Waals surface area contributed by atoms with Crippen molar-refractivity contribution >= 4 is 11.3 Å². The van der Waals surface area contributed by atoms with Crippen LogP contribution < -0.4 is 5.32 Å². The van der Waals surface area contributed by atoms with E-state index in [0.29, 0.717) is 0 Å². The molecule has 0 saturated heterocycles. The number of hydrogen-bond donors (Lipinski definition) is 1. The topological polar surface area (TPSA) is 15.3 Å². The first kappa shape index (κ1) is 15.7. The summed E-state index contributed by atoms with van der Waals surface area (Å²) in [5.74, 6) is 0.762. The van der Waals surface area contributed by atoms with Crippen LogP contribution in [0, 0.1) is 5.92 Å². The third-order valence-corrected chi connectivity index (χ3v) is 3.95. The number of nitrogens with zero attached hydrogens (tertiary/aromatic N) is 1. The molecule has 104 valence electrons. The Labute approximate surface area is 116 Å². The average Bonchev–Trinajstić information content (AvgIpc) is 2.83. The van der Waals surface area contributed by atoms with Gasteiger partial charge in [0.05, 0.1) is 0 Å². The second-order valence-corrected chi connectivity index (χ2v) is 6.47. The van der Waals surface area contributed by atoms with E-state index >= 15 is 0 Å². The molecular formula is C15H28N2S. The minimum absolute atomic E-state index is 0.762. The molecule has 0 radical (unpaired) electrons. The second kappa shape index (κ2) is 9.54. The summed E-state index contributed by atoms with van der Waals surface area (Å²) in [7, 11) is 2.23. The maximum absolute atomic E-state index is 3.50. The monoisotopic (exact) mass is 268 g/mol. The smallest absolute Gasteiger partial charge is 0.00579 e. The Balaban J connectivity index is 1.92. The summed E-state index contributed by atoms with van der Waals surface area (Å²) in [6.45, 7) is 9.22. The third kappa shape index (κ3) is 7.85. The molecule has 0 aromatic carbocycles. The van der Waals surface area contributed by atoms with Crippen molar-refractivity contribution < 1.29 is 0 Å². The molecule has 0 unspecified atom stereocenters. The molecule has 0 aliphatic heterocycles. The Morgan fingerprint density at radius 3 is 2.78 bits per heavy atom. The maximum Gasteiger partial charge on any atom is 0.00579 e. The van der Waals surface area contributed by atoms with E-state index < -0.39 is 0 Å². The summed E-state index contributed by atoms with van der Waals surface area (Å²) in [4.78, 5) is 3.95. The van der Waals surface area contributed by atoms with Gasteiger partial charge in [0.2, 0.25) is 0 Å². The quantitative estimate of drug-likeness (QED) is 0.655. The van der Waals surface area contributed by atoms with E-state index in [1.807, 2.05) is 11.3 Å². The lowest BCUT2D eigenvalue weighted by Crippen LogP contribution is -2.24. The van der Waals surface area contributed by atoms with Gasteiger partial charge in [-0.2, -0.15) is 0 Å². The molecule has 0 spiro atoms. The molecule has 0 aliphatic carbocycles. The maximum atomic E-state index is 3.50. The lowest BCUT2D eigenvalue weighted by molar-refractivity contribution is 0.329. The van der Waals surface area contributed by atoms with Crippen LogP contribution in [0.1, 0.15) is 31.6 Å². The predicted octanol–water partition coefficient (Wildman–Crippen LogP) is 3.25. The number of likely N-dealkylation sites (N-methyl/N-ethyl adjacent to an activating group) is 1. The molecule has 0 saturated carbocycles. The van der Waals surface area contributed by atoms with Gasteiger partial charge in [0, 0.05) is 11.4 Å². The fourth-order valence-electron chi connectivity index (χ4n) is 1.89. The lowest BCUT2D eigenvalue weighted by Gasteiger charge is -2.16. The molecule has 1 aromatic heterocycles. The van der Waals surface area contributed by atoms with Crippen molar-refractivity contribution in [3.63, 3.8) is 0 Å². The molecule has 0 amide bonds. The largest absolute Gasteiger partial charge is 0.316 e. The fraction of sp³-hybridized carbons (Fsp3) is 0.733. The van der Waals surface area contributed by atoms with Crippen LogP contribution in [0.3, 0.4) is 0 Å². The Bertz CT molecular complexity index is 283. The third-order valence-electron chi connectivity index (χ3n) is 3.02. The number of nitrogens with one attached hydrogen (secondary N) is 1. The number of rotatable bonds is 10. The summed E-state index contributed by atoms with van der Waals surface area (Å²) in [5, 5.41) is 5.66. The number of hydrogen-bond acceptors (Lipinski definition) is 3. The zero-order valence-electron chi connectivity index (χ0n) is 12.1. The van der Waals surface area contributed by atoms with E-state index in [9.17, 15) is 0 Å². The van der Waals surface area contributed by atoms with Gasteiger partial charge >= 0.3 is 0 Å². The van der Waals surface area contributed by atoms with Crippen LogP contribution in [-0.2, 0) is 6.42 Å². The molecule has 1 heterocycles. The van der Waals surface area contributed by atoms with Gasteiger partial charge in [-0.25, -0.2) is 0 Å². The van der Waals surface area contributed by atoms with Gasteiger partial charge in [-0.3, -0.25) is 0 Å². The van der Waals surface area contributed by atoms with E-state index in [-0.39, 0.29) is 0 Å². The zero-order valence-corrected chi connectivity index (χ0v) is 12.9. The summed E-state index contributed by atoms with van der Waals surface area (Å²) >= 11 is 1.87. The minimum atomic E-state index is 0.762. The highest BCUT2D eigenvalue weighted by molar-refractivity contribution is 7.09. The first-order chi connectivity index (χ1) is 8.68. The molecule has 0 aliphatic rings. The van der Waals surface area contributed by atoms with Crippen molar-refractivity contribution in [1.82, 2.24) is 10.2 Å².